The van der Waals surface area contributed by atoms with Gasteiger partial charge in [-0.15, -0.1) is 11.3 Å². The van der Waals surface area contributed by atoms with Gasteiger partial charge in [-0.05, 0) is 48.5 Å². The van der Waals surface area contributed by atoms with Gasteiger partial charge in [0.1, 0.15) is 0 Å². The molecule has 0 aliphatic carbocycles. The molecule has 0 saturated carbocycles. The first-order valence-electron chi connectivity index (χ1n) is 7.51. The van der Waals surface area contributed by atoms with E-state index in [9.17, 15) is 4.79 Å². The van der Waals surface area contributed by atoms with Gasteiger partial charge in [0, 0.05) is 15.9 Å². The number of amides is 1. The van der Waals surface area contributed by atoms with E-state index in [0.717, 1.165) is 24.4 Å². The number of carbonyl (C=O) groups is 1. The summed E-state index contributed by atoms with van der Waals surface area (Å²) in [6.07, 6.45) is 2.23. The van der Waals surface area contributed by atoms with Gasteiger partial charge in [-0.2, -0.15) is 0 Å². The Bertz CT molecular complexity index is 612. The number of carbonyl (C=O) groups excluding carboxylic acids is 1. The van der Waals surface area contributed by atoms with Crippen molar-refractivity contribution >= 4 is 28.8 Å². The Morgan fingerprint density at radius 1 is 1.32 bits per heavy atom. The number of hydrogen-bond donors (Lipinski definition) is 1. The van der Waals surface area contributed by atoms with Gasteiger partial charge in [0.2, 0.25) is 5.91 Å². The first-order chi connectivity index (χ1) is 10.7. The van der Waals surface area contributed by atoms with E-state index in [2.05, 4.69) is 22.3 Å². The highest BCUT2D eigenvalue weighted by Crippen LogP contribution is 2.32. The first-order valence-corrected chi connectivity index (χ1v) is 8.77. The summed E-state index contributed by atoms with van der Waals surface area (Å²) in [7, 11) is 0. The maximum absolute atomic E-state index is 12.2. The Morgan fingerprint density at radius 3 is 2.86 bits per heavy atom. The molecule has 22 heavy (non-hydrogen) atoms. The van der Waals surface area contributed by atoms with Crippen molar-refractivity contribution in [3.8, 4) is 0 Å². The summed E-state index contributed by atoms with van der Waals surface area (Å²) in [6.45, 7) is 2.05. The average molecular weight is 335 g/mol. The molecule has 1 N–H and O–H groups in total. The van der Waals surface area contributed by atoms with Crippen LogP contribution in [0.4, 0.5) is 0 Å². The predicted octanol–water partition coefficient (Wildman–Crippen LogP) is 3.85. The lowest BCUT2D eigenvalue weighted by Gasteiger charge is -2.24. The van der Waals surface area contributed by atoms with E-state index in [1.165, 1.54) is 10.4 Å². The van der Waals surface area contributed by atoms with Crippen molar-refractivity contribution in [3.63, 3.8) is 0 Å². The molecule has 1 aromatic carbocycles. The quantitative estimate of drug-likeness (QED) is 0.900. The highest BCUT2D eigenvalue weighted by atomic mass is 35.5. The van der Waals surface area contributed by atoms with Gasteiger partial charge < -0.3 is 5.32 Å². The highest BCUT2D eigenvalue weighted by molar-refractivity contribution is 7.09. The van der Waals surface area contributed by atoms with Gasteiger partial charge in [0.25, 0.3) is 0 Å². The van der Waals surface area contributed by atoms with Crippen LogP contribution in [0.3, 0.4) is 0 Å². The van der Waals surface area contributed by atoms with E-state index in [0.29, 0.717) is 19.1 Å². The number of hydrogen-bond acceptors (Lipinski definition) is 3. The summed E-state index contributed by atoms with van der Waals surface area (Å²) in [6, 6.07) is 12.3. The van der Waals surface area contributed by atoms with Crippen LogP contribution in [0.15, 0.2) is 41.8 Å². The normalized spacial score (nSPS) is 18.5. The van der Waals surface area contributed by atoms with Crippen molar-refractivity contribution in [1.29, 1.82) is 0 Å². The Balaban J connectivity index is 1.56. The lowest BCUT2D eigenvalue weighted by atomic mass is 10.0. The molecule has 0 spiro atoms. The fourth-order valence-corrected chi connectivity index (χ4v) is 3.69. The minimum absolute atomic E-state index is 0.0919. The molecule has 1 saturated heterocycles. The minimum atomic E-state index is 0.0919. The molecule has 0 unspecified atom stereocenters. The third kappa shape index (κ3) is 3.88. The molecule has 3 rings (SSSR count). The molecule has 5 heteroatoms. The van der Waals surface area contributed by atoms with Crippen LogP contribution < -0.4 is 5.32 Å². The van der Waals surface area contributed by atoms with Crippen molar-refractivity contribution < 1.29 is 4.79 Å². The van der Waals surface area contributed by atoms with Crippen molar-refractivity contribution in [2.24, 2.45) is 0 Å². The van der Waals surface area contributed by atoms with Crippen LogP contribution in [0, 0.1) is 0 Å². The molecule has 1 atom stereocenters. The van der Waals surface area contributed by atoms with E-state index in [1.54, 1.807) is 11.3 Å². The van der Waals surface area contributed by atoms with Gasteiger partial charge in [-0.25, -0.2) is 0 Å². The lowest BCUT2D eigenvalue weighted by Crippen LogP contribution is -2.36. The Morgan fingerprint density at radius 2 is 2.14 bits per heavy atom. The van der Waals surface area contributed by atoms with Crippen molar-refractivity contribution in [2.45, 2.75) is 25.4 Å². The largest absolute Gasteiger partial charge is 0.350 e. The molecule has 2 aromatic rings. The summed E-state index contributed by atoms with van der Waals surface area (Å²) in [5.74, 6) is 0.0919. The number of thiophene rings is 1. The van der Waals surface area contributed by atoms with Crippen LogP contribution in [0.2, 0.25) is 5.02 Å². The average Bonchev–Trinajstić information content (AvgIpc) is 3.17. The molecule has 3 nitrogen and oxygen atoms in total. The highest BCUT2D eigenvalue weighted by Gasteiger charge is 2.27. The smallest absolute Gasteiger partial charge is 0.234 e. The van der Waals surface area contributed by atoms with E-state index < -0.39 is 0 Å². The number of halogens is 1. The maximum Gasteiger partial charge on any atom is 0.234 e. The molecule has 116 valence electrons. The zero-order chi connectivity index (χ0) is 15.4. The predicted molar refractivity (Wildman–Crippen MR) is 91.2 cm³/mol. The van der Waals surface area contributed by atoms with Gasteiger partial charge in [0.05, 0.1) is 13.1 Å². The van der Waals surface area contributed by atoms with Crippen molar-refractivity contribution in [2.75, 3.05) is 13.1 Å². The molecule has 1 fully saturated rings. The number of likely N-dealkylation sites (tertiary alicyclic amines) is 1. The van der Waals surface area contributed by atoms with Gasteiger partial charge in [0.15, 0.2) is 0 Å². The number of rotatable bonds is 5. The standard InChI is InChI=1S/C17H19ClN2OS/c18-14-7-5-13(6-8-14)16-4-1-9-20(16)12-17(21)19-11-15-3-2-10-22-15/h2-3,5-8,10,16H,1,4,9,11-12H2,(H,19,21)/t16-/m0/s1. The van der Waals surface area contributed by atoms with E-state index >= 15 is 0 Å². The second-order valence-electron chi connectivity index (χ2n) is 5.54. The number of benzene rings is 1. The topological polar surface area (TPSA) is 32.3 Å². The summed E-state index contributed by atoms with van der Waals surface area (Å²) >= 11 is 7.62. The fourth-order valence-electron chi connectivity index (χ4n) is 2.92. The van der Waals surface area contributed by atoms with Crippen molar-refractivity contribution in [3.05, 3.63) is 57.2 Å². The summed E-state index contributed by atoms with van der Waals surface area (Å²) in [5.41, 5.74) is 1.24. The minimum Gasteiger partial charge on any atom is -0.350 e. The van der Waals surface area contributed by atoms with Gasteiger partial charge >= 0.3 is 0 Å². The second-order valence-corrected chi connectivity index (χ2v) is 7.00. The second kappa shape index (κ2) is 7.27. The monoisotopic (exact) mass is 334 g/mol. The number of nitrogens with zero attached hydrogens (tertiary/aromatic N) is 1. The zero-order valence-electron chi connectivity index (χ0n) is 12.3. The molecule has 0 radical (unpaired) electrons. The van der Waals surface area contributed by atoms with Crippen LogP contribution in [0.5, 0.6) is 0 Å². The molecule has 1 aliphatic heterocycles. The number of nitrogens with one attached hydrogen (secondary N) is 1. The van der Waals surface area contributed by atoms with Crippen LogP contribution in [-0.2, 0) is 11.3 Å². The van der Waals surface area contributed by atoms with Gasteiger partial charge in [-0.3, -0.25) is 9.69 Å². The SMILES string of the molecule is O=C(CN1CCC[C@H]1c1ccc(Cl)cc1)NCc1cccs1. The fraction of sp³-hybridized carbons (Fsp3) is 0.353. The summed E-state index contributed by atoms with van der Waals surface area (Å²) in [5, 5.41) is 5.78. The molecular formula is C17H19ClN2OS. The molecule has 1 aromatic heterocycles. The van der Waals surface area contributed by atoms with Crippen LogP contribution in [0.1, 0.15) is 29.3 Å². The third-order valence-electron chi connectivity index (χ3n) is 4.01. The Kier molecular flexibility index (Phi) is 5.13. The van der Waals surface area contributed by atoms with Crippen LogP contribution >= 0.6 is 22.9 Å². The molecule has 1 aliphatic rings. The maximum atomic E-state index is 12.2. The van der Waals surface area contributed by atoms with E-state index in [4.69, 9.17) is 11.6 Å². The molecule has 2 heterocycles. The lowest BCUT2D eigenvalue weighted by molar-refractivity contribution is -0.122. The molecule has 0 bridgehead atoms. The first kappa shape index (κ1) is 15.5. The Hall–Kier alpha value is -1.36. The van der Waals surface area contributed by atoms with Gasteiger partial charge in [-0.1, -0.05) is 29.8 Å². The Labute approximate surface area is 139 Å². The van der Waals surface area contributed by atoms with Crippen LogP contribution in [0.25, 0.3) is 0 Å². The summed E-state index contributed by atoms with van der Waals surface area (Å²) < 4.78 is 0. The molecule has 1 amide bonds. The third-order valence-corrected chi connectivity index (χ3v) is 5.13. The summed E-state index contributed by atoms with van der Waals surface area (Å²) in [4.78, 5) is 15.6. The van der Waals surface area contributed by atoms with Crippen LogP contribution in [-0.4, -0.2) is 23.9 Å². The van der Waals surface area contributed by atoms with E-state index in [1.807, 2.05) is 29.6 Å². The van der Waals surface area contributed by atoms with Crippen molar-refractivity contribution in [1.82, 2.24) is 10.2 Å². The molecular weight excluding hydrogens is 316 g/mol. The zero-order valence-corrected chi connectivity index (χ0v) is 13.9. The van der Waals surface area contributed by atoms with E-state index in [-0.39, 0.29) is 5.91 Å².